The number of nitrogens with one attached hydrogen (secondary N) is 1. The van der Waals surface area contributed by atoms with Crippen molar-refractivity contribution >= 4 is 40.0 Å². The smallest absolute Gasteiger partial charge is 0.355 e. The van der Waals surface area contributed by atoms with Crippen LogP contribution < -0.4 is 11.1 Å². The van der Waals surface area contributed by atoms with Crippen molar-refractivity contribution in [1.82, 2.24) is 20.3 Å². The van der Waals surface area contributed by atoms with Crippen LogP contribution in [-0.2, 0) is 19.2 Å². The van der Waals surface area contributed by atoms with Crippen LogP contribution in [0.3, 0.4) is 0 Å². The Balaban J connectivity index is 1.80. The summed E-state index contributed by atoms with van der Waals surface area (Å²) in [4.78, 5) is 45.1. The number of carboxylic acid groups (broad SMARTS) is 1. The molecule has 3 heterocycles. The van der Waals surface area contributed by atoms with Crippen LogP contribution in [0.5, 0.6) is 0 Å². The molecule has 0 bridgehead atoms. The van der Waals surface area contributed by atoms with Gasteiger partial charge in [0.15, 0.2) is 16.5 Å². The number of hydrazine groups is 1. The number of carbonyl (C=O) groups excluding carboxylic acids is 2. The van der Waals surface area contributed by atoms with Crippen LogP contribution in [0.2, 0.25) is 0 Å². The van der Waals surface area contributed by atoms with Gasteiger partial charge < -0.3 is 21.0 Å². The lowest BCUT2D eigenvalue weighted by molar-refractivity contribution is -0.143. The first-order valence-corrected chi connectivity index (χ1v) is 8.34. The molecule has 27 heavy (non-hydrogen) atoms. The first-order chi connectivity index (χ1) is 12.9. The maximum atomic E-state index is 12.6. The Hall–Kier alpha value is -3.50. The van der Waals surface area contributed by atoms with E-state index in [9.17, 15) is 19.5 Å². The Morgan fingerprint density at radius 3 is 2.89 bits per heavy atom. The Labute approximate surface area is 156 Å². The molecule has 2 aliphatic rings. The second-order valence-corrected chi connectivity index (χ2v) is 6.35. The molecule has 13 heteroatoms. The van der Waals surface area contributed by atoms with E-state index in [2.05, 4.69) is 20.3 Å². The minimum atomic E-state index is -1.39. The predicted octanol–water partition coefficient (Wildman–Crippen LogP) is -1.50. The summed E-state index contributed by atoms with van der Waals surface area (Å²) < 4.78 is 0. The highest BCUT2D eigenvalue weighted by Gasteiger charge is 2.48. The minimum Gasteiger partial charge on any atom is -0.476 e. The lowest BCUT2D eigenvalue weighted by Crippen LogP contribution is -2.46. The molecule has 0 aromatic carbocycles. The van der Waals surface area contributed by atoms with Gasteiger partial charge in [-0.3, -0.25) is 9.59 Å². The number of nitriles is 1. The molecule has 4 N–H and O–H groups in total. The molecular formula is C14H13N7O5S. The molecule has 2 amide bonds. The summed E-state index contributed by atoms with van der Waals surface area (Å²) in [6.45, 7) is -0.0239. The predicted molar refractivity (Wildman–Crippen MR) is 90.7 cm³/mol. The second-order valence-electron chi connectivity index (χ2n) is 5.46. The van der Waals surface area contributed by atoms with Crippen molar-refractivity contribution in [2.45, 2.75) is 6.04 Å². The molecule has 1 aromatic heterocycles. The summed E-state index contributed by atoms with van der Waals surface area (Å²) >= 11 is 1.10. The van der Waals surface area contributed by atoms with E-state index in [1.165, 1.54) is 17.5 Å². The van der Waals surface area contributed by atoms with Crippen LogP contribution in [0, 0.1) is 11.3 Å². The number of aromatic nitrogens is 1. The number of carboxylic acids is 1. The SMILES string of the molecule is CO/N=C(\C(=O)N[C@@H]1CN2CC(C#N)=C(C(=O)O)N2C1=O)c1csc(N)n1. The third-order valence-corrected chi connectivity index (χ3v) is 4.50. The van der Waals surface area contributed by atoms with Crippen LogP contribution in [0.4, 0.5) is 5.13 Å². The molecule has 1 saturated heterocycles. The third kappa shape index (κ3) is 3.18. The number of nitrogens with two attached hydrogens (primary N) is 1. The highest BCUT2D eigenvalue weighted by molar-refractivity contribution is 7.13. The molecule has 1 atom stereocenters. The first kappa shape index (κ1) is 18.3. The van der Waals surface area contributed by atoms with E-state index in [1.54, 1.807) is 6.07 Å². The molecule has 2 aliphatic heterocycles. The van der Waals surface area contributed by atoms with Gasteiger partial charge in [-0.1, -0.05) is 5.16 Å². The van der Waals surface area contributed by atoms with E-state index < -0.39 is 29.5 Å². The number of thiazole rings is 1. The fourth-order valence-corrected chi connectivity index (χ4v) is 3.31. The second kappa shape index (κ2) is 7.02. The quantitative estimate of drug-likeness (QED) is 0.398. The molecule has 0 aliphatic carbocycles. The van der Waals surface area contributed by atoms with Gasteiger partial charge in [-0.15, -0.1) is 11.3 Å². The summed E-state index contributed by atoms with van der Waals surface area (Å²) in [7, 11) is 1.25. The molecule has 12 nitrogen and oxygen atoms in total. The van der Waals surface area contributed by atoms with Gasteiger partial charge in [-0.25, -0.2) is 19.8 Å². The summed E-state index contributed by atoms with van der Waals surface area (Å²) in [5.74, 6) is -2.79. The maximum absolute atomic E-state index is 12.6. The summed E-state index contributed by atoms with van der Waals surface area (Å²) in [5, 5.41) is 28.5. The summed E-state index contributed by atoms with van der Waals surface area (Å²) in [5.41, 5.74) is 5.13. The standard InChI is InChI=1S/C14H13N7O5S/c1-26-19-9(8-5-27-14(16)18-8)11(22)17-7-4-20-3-6(2-15)10(13(24)25)21(20)12(7)23/h5,7H,3-4H2,1H3,(H2,16,18)(H,17,22)(H,24,25)/b19-9-/t7-/m1/s1. The van der Waals surface area contributed by atoms with E-state index in [1.807, 2.05) is 0 Å². The van der Waals surface area contributed by atoms with Crippen LogP contribution in [0.15, 0.2) is 21.8 Å². The highest BCUT2D eigenvalue weighted by Crippen LogP contribution is 2.29. The molecule has 0 unspecified atom stereocenters. The van der Waals surface area contributed by atoms with Gasteiger partial charge in [0.05, 0.1) is 18.2 Å². The van der Waals surface area contributed by atoms with Crippen molar-refractivity contribution in [3.63, 3.8) is 0 Å². The van der Waals surface area contributed by atoms with Crippen molar-refractivity contribution in [2.24, 2.45) is 5.16 Å². The molecule has 1 fully saturated rings. The van der Waals surface area contributed by atoms with Gasteiger partial charge in [0.1, 0.15) is 18.8 Å². The molecular weight excluding hydrogens is 378 g/mol. The van der Waals surface area contributed by atoms with Crippen molar-refractivity contribution in [3.05, 3.63) is 22.3 Å². The van der Waals surface area contributed by atoms with Crippen LogP contribution in [-0.4, -0.2) is 69.8 Å². The number of aliphatic carboxylic acids is 1. The highest BCUT2D eigenvalue weighted by atomic mass is 32.1. The number of nitrogen functional groups attached to an aromatic ring is 1. The van der Waals surface area contributed by atoms with Gasteiger partial charge in [0, 0.05) is 11.9 Å². The van der Waals surface area contributed by atoms with E-state index in [4.69, 9.17) is 11.0 Å². The van der Waals surface area contributed by atoms with Gasteiger partial charge in [0.25, 0.3) is 11.8 Å². The number of rotatable bonds is 5. The van der Waals surface area contributed by atoms with Gasteiger partial charge in [-0.05, 0) is 0 Å². The largest absolute Gasteiger partial charge is 0.476 e. The number of amides is 2. The monoisotopic (exact) mass is 391 g/mol. The number of carbonyl (C=O) groups is 3. The van der Waals surface area contributed by atoms with Gasteiger partial charge in [0.2, 0.25) is 0 Å². The first-order valence-electron chi connectivity index (χ1n) is 7.46. The van der Waals surface area contributed by atoms with Crippen molar-refractivity contribution in [2.75, 3.05) is 25.9 Å². The van der Waals surface area contributed by atoms with Gasteiger partial charge >= 0.3 is 5.97 Å². The minimum absolute atomic E-state index is 0.00595. The molecule has 0 spiro atoms. The number of nitrogens with zero attached hydrogens (tertiary/aromatic N) is 5. The van der Waals surface area contributed by atoms with E-state index in [-0.39, 0.29) is 35.2 Å². The molecule has 1 aromatic rings. The Kier molecular flexibility index (Phi) is 4.75. The Morgan fingerprint density at radius 1 is 1.59 bits per heavy atom. The van der Waals surface area contributed by atoms with Crippen LogP contribution in [0.1, 0.15) is 5.69 Å². The van der Waals surface area contributed by atoms with Crippen LogP contribution in [0.25, 0.3) is 0 Å². The Morgan fingerprint density at radius 2 is 2.33 bits per heavy atom. The summed E-state index contributed by atoms with van der Waals surface area (Å²) in [6.07, 6.45) is 0. The van der Waals surface area contributed by atoms with Crippen molar-refractivity contribution in [1.29, 1.82) is 5.26 Å². The molecule has 140 valence electrons. The number of anilines is 1. The number of hydrogen-bond acceptors (Lipinski definition) is 10. The normalized spacial score (nSPS) is 19.9. The number of fused-ring (bicyclic) bond motifs is 1. The molecule has 0 radical (unpaired) electrons. The van der Waals surface area contributed by atoms with E-state index in [0.717, 1.165) is 16.3 Å². The van der Waals surface area contributed by atoms with E-state index >= 15 is 0 Å². The number of hydrogen-bond donors (Lipinski definition) is 3. The number of oxime groups is 1. The molecule has 3 rings (SSSR count). The zero-order valence-electron chi connectivity index (χ0n) is 13.9. The fourth-order valence-electron chi connectivity index (χ4n) is 2.76. The van der Waals surface area contributed by atoms with Crippen molar-refractivity contribution < 1.29 is 24.3 Å². The van der Waals surface area contributed by atoms with Crippen molar-refractivity contribution in [3.8, 4) is 6.07 Å². The fraction of sp³-hybridized carbons (Fsp3) is 0.286. The Bertz CT molecular complexity index is 931. The zero-order chi connectivity index (χ0) is 19.7. The average molecular weight is 391 g/mol. The van der Waals surface area contributed by atoms with E-state index in [0.29, 0.717) is 0 Å². The topological polar surface area (TPSA) is 174 Å². The maximum Gasteiger partial charge on any atom is 0.355 e. The molecule has 0 saturated carbocycles. The average Bonchev–Trinajstić information content (AvgIpc) is 3.28. The van der Waals surface area contributed by atoms with Crippen LogP contribution >= 0.6 is 11.3 Å². The summed E-state index contributed by atoms with van der Waals surface area (Å²) in [6, 6.07) is 0.757. The third-order valence-electron chi connectivity index (χ3n) is 3.83. The lowest BCUT2D eigenvalue weighted by atomic mass is 10.2. The lowest BCUT2D eigenvalue weighted by Gasteiger charge is -2.18. The van der Waals surface area contributed by atoms with Gasteiger partial charge in [-0.2, -0.15) is 5.26 Å². The zero-order valence-corrected chi connectivity index (χ0v) is 14.7.